The van der Waals surface area contributed by atoms with E-state index in [0.717, 1.165) is 0 Å². The van der Waals surface area contributed by atoms with Crippen molar-refractivity contribution in [1.82, 2.24) is 15.6 Å². The maximum Gasteiger partial charge on any atom is 0.407 e. The minimum atomic E-state index is -0.682. The van der Waals surface area contributed by atoms with Gasteiger partial charge in [0.15, 0.2) is 5.11 Å². The predicted molar refractivity (Wildman–Crippen MR) is 165 cm³/mol. The number of halogens is 1. The molecule has 2 amide bonds. The van der Waals surface area contributed by atoms with Crippen LogP contribution in [0.5, 0.6) is 5.75 Å². The first-order chi connectivity index (χ1) is 20.5. The van der Waals surface area contributed by atoms with E-state index in [2.05, 4.69) is 15.6 Å². The summed E-state index contributed by atoms with van der Waals surface area (Å²) in [4.78, 5) is 41.9. The molecule has 10 nitrogen and oxygen atoms in total. The Morgan fingerprint density at radius 1 is 1.07 bits per heavy atom. The second kappa shape index (κ2) is 15.5. The Bertz CT molecular complexity index is 1450. The molecule has 3 rings (SSSR count). The molecular formula is C31H35FN4O6S. The number of hydrogen-bond donors (Lipinski definition) is 3. The lowest BCUT2D eigenvalue weighted by Crippen LogP contribution is -2.43. The van der Waals surface area contributed by atoms with Crippen molar-refractivity contribution < 1.29 is 33.0 Å². The number of carbonyl (C=O) groups excluding carboxylic acids is 3. The molecule has 0 atom stereocenters. The number of ether oxygens (including phenoxy) is 3. The van der Waals surface area contributed by atoms with Gasteiger partial charge in [0.25, 0.3) is 5.91 Å². The zero-order chi connectivity index (χ0) is 31.4. The lowest BCUT2D eigenvalue weighted by atomic mass is 10.2. The average molecular weight is 611 g/mol. The molecule has 0 spiro atoms. The Balaban J connectivity index is 1.76. The summed E-state index contributed by atoms with van der Waals surface area (Å²) in [5.74, 6) is -0.563. The fraction of sp³-hybridized carbons (Fsp3) is 0.290. The molecule has 0 aliphatic heterocycles. The summed E-state index contributed by atoms with van der Waals surface area (Å²) < 4.78 is 29.6. The lowest BCUT2D eigenvalue weighted by Gasteiger charge is -2.26. The largest absolute Gasteiger partial charge is 0.489 e. The van der Waals surface area contributed by atoms with Crippen LogP contribution >= 0.6 is 12.2 Å². The van der Waals surface area contributed by atoms with Gasteiger partial charge < -0.3 is 29.4 Å². The number of esters is 1. The van der Waals surface area contributed by atoms with E-state index in [4.69, 9.17) is 26.4 Å². The van der Waals surface area contributed by atoms with Crippen molar-refractivity contribution in [1.29, 1.82) is 0 Å². The van der Waals surface area contributed by atoms with E-state index in [-0.39, 0.29) is 42.7 Å². The lowest BCUT2D eigenvalue weighted by molar-refractivity contribution is 0.0514. The maximum absolute atomic E-state index is 13.5. The molecule has 0 radical (unpaired) electrons. The van der Waals surface area contributed by atoms with Crippen LogP contribution in [0.4, 0.5) is 14.9 Å². The van der Waals surface area contributed by atoms with E-state index in [0.29, 0.717) is 28.9 Å². The highest BCUT2D eigenvalue weighted by atomic mass is 32.1. The van der Waals surface area contributed by atoms with Gasteiger partial charge in [0.1, 0.15) is 23.7 Å². The third kappa shape index (κ3) is 10.3. The van der Waals surface area contributed by atoms with Crippen LogP contribution in [0.25, 0.3) is 0 Å². The van der Waals surface area contributed by atoms with Crippen molar-refractivity contribution in [2.45, 2.75) is 39.8 Å². The Morgan fingerprint density at radius 2 is 1.81 bits per heavy atom. The smallest absolute Gasteiger partial charge is 0.407 e. The van der Waals surface area contributed by atoms with Gasteiger partial charge in [0.2, 0.25) is 0 Å². The molecule has 0 aliphatic rings. The molecule has 228 valence electrons. The number of alkyl carbamates (subject to hydrolysis) is 1. The van der Waals surface area contributed by atoms with E-state index >= 15 is 0 Å². The van der Waals surface area contributed by atoms with E-state index in [1.54, 1.807) is 93.4 Å². The summed E-state index contributed by atoms with van der Waals surface area (Å²) in [6, 6.07) is 17.2. The Morgan fingerprint density at radius 3 is 2.49 bits per heavy atom. The number of anilines is 1. The number of nitrogens with one attached hydrogen (secondary N) is 3. The first kappa shape index (κ1) is 32.8. The molecule has 0 saturated carbocycles. The standard InChI is InChI=1S/C31H35FN4O6S/c1-5-40-28(38)26-25(14-15-33-26)36(29(43)35-27(37)23-11-7-6-8-12-23)19-21-10-9-13-24(16-21)41-20-22(17-32)18-34-30(39)42-31(2,3)4/h6-17,33H,5,18-20H2,1-4H3,(H,34,39)(H,35,37,43)/b22-17+. The fourth-order valence-electron chi connectivity index (χ4n) is 3.76. The van der Waals surface area contributed by atoms with E-state index in [9.17, 15) is 18.8 Å². The van der Waals surface area contributed by atoms with E-state index < -0.39 is 23.6 Å². The second-order valence-electron chi connectivity index (χ2n) is 10.2. The number of aromatic nitrogens is 1. The third-order valence-electron chi connectivity index (χ3n) is 5.67. The molecular weight excluding hydrogens is 575 g/mol. The molecule has 0 bridgehead atoms. The van der Waals surface area contributed by atoms with Crippen LogP contribution in [0, 0.1) is 0 Å². The molecule has 1 aromatic heterocycles. The first-order valence-corrected chi connectivity index (χ1v) is 13.9. The summed E-state index contributed by atoms with van der Waals surface area (Å²) in [5, 5.41) is 5.28. The minimum Gasteiger partial charge on any atom is -0.489 e. The van der Waals surface area contributed by atoms with Gasteiger partial charge in [-0.05, 0) is 75.8 Å². The van der Waals surface area contributed by atoms with Gasteiger partial charge in [-0.25, -0.2) is 14.0 Å². The molecule has 0 aliphatic carbocycles. The van der Waals surface area contributed by atoms with Gasteiger partial charge in [-0.1, -0.05) is 30.3 Å². The van der Waals surface area contributed by atoms with Crippen molar-refractivity contribution in [3.05, 3.63) is 95.6 Å². The molecule has 43 heavy (non-hydrogen) atoms. The van der Waals surface area contributed by atoms with Crippen molar-refractivity contribution >= 4 is 41.0 Å². The van der Waals surface area contributed by atoms with Crippen molar-refractivity contribution in [3.8, 4) is 5.75 Å². The SMILES string of the molecule is CCOC(=O)c1[nH]ccc1N(Cc1cccc(OC/C(=C/F)CNC(=O)OC(C)(C)C)c1)C(=S)NC(=O)c1ccccc1. The zero-order valence-corrected chi connectivity index (χ0v) is 25.3. The van der Waals surface area contributed by atoms with E-state index in [1.807, 2.05) is 6.07 Å². The Labute approximate surface area is 255 Å². The topological polar surface area (TPSA) is 122 Å². The molecule has 3 aromatic rings. The van der Waals surface area contributed by atoms with Crippen molar-refractivity contribution in [3.63, 3.8) is 0 Å². The predicted octanol–water partition coefficient (Wildman–Crippen LogP) is 5.67. The molecule has 0 saturated heterocycles. The summed E-state index contributed by atoms with van der Waals surface area (Å²) in [7, 11) is 0. The summed E-state index contributed by atoms with van der Waals surface area (Å²) in [6.45, 7) is 6.98. The summed E-state index contributed by atoms with van der Waals surface area (Å²) >= 11 is 5.63. The van der Waals surface area contributed by atoms with E-state index in [1.165, 1.54) is 0 Å². The average Bonchev–Trinajstić information content (AvgIpc) is 3.45. The van der Waals surface area contributed by atoms with Gasteiger partial charge in [-0.2, -0.15) is 0 Å². The van der Waals surface area contributed by atoms with Gasteiger partial charge >= 0.3 is 12.1 Å². The van der Waals surface area contributed by atoms with Crippen LogP contribution in [0.1, 0.15) is 54.1 Å². The first-order valence-electron chi connectivity index (χ1n) is 13.5. The highest BCUT2D eigenvalue weighted by Gasteiger charge is 2.24. The number of hydrogen-bond acceptors (Lipinski definition) is 7. The number of H-pyrrole nitrogens is 1. The number of thiocarbonyl (C=S) groups is 1. The minimum absolute atomic E-state index is 0.0567. The molecule has 0 unspecified atom stereocenters. The Kier molecular flexibility index (Phi) is 11.8. The highest BCUT2D eigenvalue weighted by Crippen LogP contribution is 2.25. The van der Waals surface area contributed by atoms with Crippen LogP contribution in [0.3, 0.4) is 0 Å². The van der Waals surface area contributed by atoms with Crippen molar-refractivity contribution in [2.75, 3.05) is 24.7 Å². The quantitative estimate of drug-likeness (QED) is 0.188. The Hall–Kier alpha value is -4.71. The molecule has 12 heteroatoms. The number of rotatable bonds is 11. The van der Waals surface area contributed by atoms with Gasteiger partial charge in [-0.15, -0.1) is 0 Å². The number of benzene rings is 2. The fourth-order valence-corrected chi connectivity index (χ4v) is 4.01. The van der Waals surface area contributed by atoms with Crippen LogP contribution in [0.15, 0.2) is 78.8 Å². The van der Waals surface area contributed by atoms with Crippen LogP contribution in [0.2, 0.25) is 0 Å². The zero-order valence-electron chi connectivity index (χ0n) is 24.4. The monoisotopic (exact) mass is 610 g/mol. The number of amides is 2. The molecule has 1 heterocycles. The van der Waals surface area contributed by atoms with Gasteiger partial charge in [-0.3, -0.25) is 10.1 Å². The second-order valence-corrected chi connectivity index (χ2v) is 10.6. The van der Waals surface area contributed by atoms with Crippen LogP contribution in [-0.2, 0) is 16.0 Å². The number of aromatic amines is 1. The normalized spacial score (nSPS) is 11.3. The third-order valence-corrected chi connectivity index (χ3v) is 6.00. The number of nitrogens with zero attached hydrogens (tertiary/aromatic N) is 1. The summed E-state index contributed by atoms with van der Waals surface area (Å²) in [6.07, 6.45) is 1.28. The van der Waals surface area contributed by atoms with Gasteiger partial charge in [0, 0.05) is 23.9 Å². The van der Waals surface area contributed by atoms with Crippen LogP contribution in [-0.4, -0.2) is 53.4 Å². The molecule has 0 fully saturated rings. The molecule has 2 aromatic carbocycles. The van der Waals surface area contributed by atoms with Gasteiger partial charge in [0.05, 0.1) is 25.2 Å². The summed E-state index contributed by atoms with van der Waals surface area (Å²) in [5.41, 5.74) is 1.20. The van der Waals surface area contributed by atoms with Crippen LogP contribution < -0.4 is 20.3 Å². The number of carbonyl (C=O) groups is 3. The highest BCUT2D eigenvalue weighted by molar-refractivity contribution is 7.80. The molecule has 3 N–H and O–H groups in total. The van der Waals surface area contributed by atoms with Crippen molar-refractivity contribution in [2.24, 2.45) is 0 Å². The maximum atomic E-state index is 13.5.